The topological polar surface area (TPSA) is 67.4 Å². The normalized spacial score (nSPS) is 9.91. The molecule has 22 heavy (non-hydrogen) atoms. The fourth-order valence-electron chi connectivity index (χ4n) is 1.84. The summed E-state index contributed by atoms with van der Waals surface area (Å²) in [5, 5.41) is 4.85. The molecule has 0 heterocycles. The van der Waals surface area contributed by atoms with Gasteiger partial charge in [-0.1, -0.05) is 24.3 Å². The maximum atomic E-state index is 13.4. The van der Waals surface area contributed by atoms with Crippen LogP contribution in [0.4, 0.5) is 10.1 Å². The molecule has 0 atom stereocenters. The van der Waals surface area contributed by atoms with Crippen LogP contribution in [0.5, 0.6) is 5.75 Å². The monoisotopic (exact) mass is 302 g/mol. The first-order valence-corrected chi connectivity index (χ1v) is 6.57. The Morgan fingerprint density at radius 1 is 1.09 bits per heavy atom. The molecule has 0 aliphatic heterocycles. The van der Waals surface area contributed by atoms with E-state index in [0.717, 1.165) is 0 Å². The molecule has 0 aromatic heterocycles. The summed E-state index contributed by atoms with van der Waals surface area (Å²) in [6.07, 6.45) is 0. The van der Waals surface area contributed by atoms with Gasteiger partial charge in [-0.3, -0.25) is 9.59 Å². The second-order valence-corrected chi connectivity index (χ2v) is 4.41. The number of benzene rings is 2. The molecule has 2 N–H and O–H groups in total. The van der Waals surface area contributed by atoms with Gasteiger partial charge in [0, 0.05) is 0 Å². The zero-order valence-corrected chi connectivity index (χ0v) is 11.9. The minimum Gasteiger partial charge on any atom is -0.496 e. The van der Waals surface area contributed by atoms with E-state index in [1.807, 2.05) is 0 Å². The zero-order chi connectivity index (χ0) is 15.9. The van der Waals surface area contributed by atoms with Crippen molar-refractivity contribution in [2.45, 2.75) is 0 Å². The lowest BCUT2D eigenvalue weighted by molar-refractivity contribution is -0.115. The van der Waals surface area contributed by atoms with E-state index in [0.29, 0.717) is 11.3 Å². The van der Waals surface area contributed by atoms with Crippen LogP contribution in [0.15, 0.2) is 48.5 Å². The van der Waals surface area contributed by atoms with Crippen LogP contribution in [0.1, 0.15) is 10.4 Å². The lowest BCUT2D eigenvalue weighted by Crippen LogP contribution is -2.33. The Bertz CT molecular complexity index is 689. The van der Waals surface area contributed by atoms with E-state index < -0.39 is 17.6 Å². The van der Waals surface area contributed by atoms with Crippen molar-refractivity contribution in [1.29, 1.82) is 0 Å². The maximum Gasteiger partial charge on any atom is 0.255 e. The van der Waals surface area contributed by atoms with Gasteiger partial charge in [-0.2, -0.15) is 0 Å². The molecule has 114 valence electrons. The summed E-state index contributed by atoms with van der Waals surface area (Å²) < 4.78 is 18.5. The van der Waals surface area contributed by atoms with Gasteiger partial charge >= 0.3 is 0 Å². The molecule has 0 aliphatic carbocycles. The van der Waals surface area contributed by atoms with Gasteiger partial charge in [0.2, 0.25) is 5.91 Å². The Balaban J connectivity index is 1.94. The summed E-state index contributed by atoms with van der Waals surface area (Å²) in [6.45, 7) is -0.273. The number of carbonyl (C=O) groups is 2. The molecule has 0 aliphatic rings. The third kappa shape index (κ3) is 3.82. The predicted molar refractivity (Wildman–Crippen MR) is 80.4 cm³/mol. The quantitative estimate of drug-likeness (QED) is 0.890. The van der Waals surface area contributed by atoms with Gasteiger partial charge in [-0.15, -0.1) is 0 Å². The fourth-order valence-corrected chi connectivity index (χ4v) is 1.84. The van der Waals surface area contributed by atoms with E-state index in [9.17, 15) is 14.0 Å². The number of rotatable bonds is 5. The van der Waals surface area contributed by atoms with Gasteiger partial charge in [0.05, 0.1) is 24.9 Å². The molecule has 0 fully saturated rings. The second-order valence-electron chi connectivity index (χ2n) is 4.41. The number of halogens is 1. The van der Waals surface area contributed by atoms with Gasteiger partial charge in [0.15, 0.2) is 0 Å². The molecule has 0 unspecified atom stereocenters. The minimum atomic E-state index is -0.535. The van der Waals surface area contributed by atoms with Crippen molar-refractivity contribution in [2.24, 2.45) is 0 Å². The van der Waals surface area contributed by atoms with Crippen LogP contribution in [0.2, 0.25) is 0 Å². The minimum absolute atomic E-state index is 0.0686. The van der Waals surface area contributed by atoms with Crippen molar-refractivity contribution in [2.75, 3.05) is 19.0 Å². The summed E-state index contributed by atoms with van der Waals surface area (Å²) >= 11 is 0. The molecule has 5 nitrogen and oxygen atoms in total. The Morgan fingerprint density at radius 3 is 2.50 bits per heavy atom. The SMILES string of the molecule is COc1ccccc1C(=O)NCC(=O)Nc1ccccc1F. The fraction of sp³-hybridized carbons (Fsp3) is 0.125. The smallest absolute Gasteiger partial charge is 0.255 e. The van der Waals surface area contributed by atoms with Crippen LogP contribution in [0, 0.1) is 5.82 Å². The van der Waals surface area contributed by atoms with Crippen molar-refractivity contribution in [1.82, 2.24) is 5.32 Å². The van der Waals surface area contributed by atoms with Crippen LogP contribution < -0.4 is 15.4 Å². The summed E-state index contributed by atoms with van der Waals surface area (Å²) in [6, 6.07) is 12.5. The van der Waals surface area contributed by atoms with E-state index in [1.54, 1.807) is 30.3 Å². The van der Waals surface area contributed by atoms with Crippen LogP contribution in [0.3, 0.4) is 0 Å². The first-order chi connectivity index (χ1) is 10.6. The third-order valence-electron chi connectivity index (χ3n) is 2.91. The predicted octanol–water partition coefficient (Wildman–Crippen LogP) is 2.20. The summed E-state index contributed by atoms with van der Waals surface area (Å²) in [4.78, 5) is 23.7. The largest absolute Gasteiger partial charge is 0.496 e. The molecule has 6 heteroatoms. The van der Waals surface area contributed by atoms with Crippen LogP contribution in [0.25, 0.3) is 0 Å². The third-order valence-corrected chi connectivity index (χ3v) is 2.91. The Hall–Kier alpha value is -2.89. The van der Waals surface area contributed by atoms with E-state index in [4.69, 9.17) is 4.74 Å². The number of anilines is 1. The van der Waals surface area contributed by atoms with Gasteiger partial charge in [0.25, 0.3) is 5.91 Å². The van der Waals surface area contributed by atoms with Crippen molar-refractivity contribution < 1.29 is 18.7 Å². The highest BCUT2D eigenvalue weighted by molar-refractivity contribution is 6.00. The average molecular weight is 302 g/mol. The van der Waals surface area contributed by atoms with E-state index in [-0.39, 0.29) is 12.2 Å². The standard InChI is InChI=1S/C16H15FN2O3/c1-22-14-9-5-2-6-11(14)16(21)18-10-15(20)19-13-8-4-3-7-12(13)17/h2-9H,10H2,1H3,(H,18,21)(H,19,20). The van der Waals surface area contributed by atoms with Crippen molar-refractivity contribution in [3.8, 4) is 5.75 Å². The Morgan fingerprint density at radius 2 is 1.77 bits per heavy atom. The van der Waals surface area contributed by atoms with E-state index in [1.165, 1.54) is 25.3 Å². The molecule has 0 saturated heterocycles. The molecule has 0 radical (unpaired) electrons. The van der Waals surface area contributed by atoms with Gasteiger partial charge in [0.1, 0.15) is 11.6 Å². The van der Waals surface area contributed by atoms with Gasteiger partial charge in [-0.05, 0) is 24.3 Å². The lowest BCUT2D eigenvalue weighted by Gasteiger charge is -2.09. The van der Waals surface area contributed by atoms with Crippen molar-refractivity contribution in [3.05, 3.63) is 59.9 Å². The number of methoxy groups -OCH3 is 1. The Kier molecular flexibility index (Phi) is 5.08. The molecular weight excluding hydrogens is 287 g/mol. The molecule has 0 spiro atoms. The maximum absolute atomic E-state index is 13.4. The molecule has 2 rings (SSSR count). The van der Waals surface area contributed by atoms with E-state index in [2.05, 4.69) is 10.6 Å². The molecule has 0 saturated carbocycles. The highest BCUT2D eigenvalue weighted by Gasteiger charge is 2.13. The number of ether oxygens (including phenoxy) is 1. The molecule has 2 aromatic carbocycles. The summed E-state index contributed by atoms with van der Waals surface area (Å²) in [5.74, 6) is -1.09. The van der Waals surface area contributed by atoms with E-state index >= 15 is 0 Å². The summed E-state index contributed by atoms with van der Waals surface area (Å²) in [7, 11) is 1.46. The number of nitrogens with one attached hydrogen (secondary N) is 2. The number of hydrogen-bond donors (Lipinski definition) is 2. The van der Waals surface area contributed by atoms with Crippen LogP contribution in [-0.4, -0.2) is 25.5 Å². The first kappa shape index (κ1) is 15.5. The highest BCUT2D eigenvalue weighted by atomic mass is 19.1. The molecule has 2 aromatic rings. The highest BCUT2D eigenvalue weighted by Crippen LogP contribution is 2.16. The van der Waals surface area contributed by atoms with Crippen LogP contribution in [-0.2, 0) is 4.79 Å². The van der Waals surface area contributed by atoms with Gasteiger partial charge < -0.3 is 15.4 Å². The average Bonchev–Trinajstić information content (AvgIpc) is 2.54. The second kappa shape index (κ2) is 7.21. The van der Waals surface area contributed by atoms with Gasteiger partial charge in [-0.25, -0.2) is 4.39 Å². The lowest BCUT2D eigenvalue weighted by atomic mass is 10.2. The summed E-state index contributed by atoms with van der Waals surface area (Å²) in [5.41, 5.74) is 0.391. The number of para-hydroxylation sites is 2. The van der Waals surface area contributed by atoms with Crippen molar-refractivity contribution in [3.63, 3.8) is 0 Å². The molecule has 2 amide bonds. The number of carbonyl (C=O) groups excluding carboxylic acids is 2. The first-order valence-electron chi connectivity index (χ1n) is 6.57. The molecular formula is C16H15FN2O3. The Labute approximate surface area is 127 Å². The number of amides is 2. The molecule has 0 bridgehead atoms. The van der Waals surface area contributed by atoms with Crippen molar-refractivity contribution >= 4 is 17.5 Å². The number of hydrogen-bond acceptors (Lipinski definition) is 3. The van der Waals surface area contributed by atoms with Crippen LogP contribution >= 0.6 is 0 Å². The zero-order valence-electron chi connectivity index (χ0n) is 11.9.